The number of hydrogen-bond acceptors (Lipinski definition) is 0. The van der Waals surface area contributed by atoms with E-state index in [9.17, 15) is 0 Å². The van der Waals surface area contributed by atoms with Crippen LogP contribution in [0.4, 0.5) is 0 Å². The number of hydrogen-bond donors (Lipinski definition) is 0. The molecule has 0 radical (unpaired) electrons. The van der Waals surface area contributed by atoms with Crippen LogP contribution in [0.15, 0.2) is 0 Å². The average Bonchev–Trinajstić information content (AvgIpc) is 1.50. The Labute approximate surface area is 35.9 Å². The summed E-state index contributed by atoms with van der Waals surface area (Å²) in [4.78, 5) is 0. The Morgan fingerprint density at radius 3 is 1.25 bits per heavy atom. The first kappa shape index (κ1) is 8.83. The van der Waals surface area contributed by atoms with E-state index in [1.165, 1.54) is 7.40 Å². The molecule has 0 aliphatic heterocycles. The van der Waals surface area contributed by atoms with Crippen molar-refractivity contribution in [3.63, 3.8) is 0 Å². The van der Waals surface area contributed by atoms with Crippen LogP contribution in [0, 0.1) is 0 Å². The van der Waals surface area contributed by atoms with Gasteiger partial charge in [-0.25, -0.2) is 0 Å². The minimum absolute atomic E-state index is 0. The predicted octanol–water partition coefficient (Wildman–Crippen LogP) is 1.97. The van der Waals surface area contributed by atoms with Crippen LogP contribution < -0.4 is 0 Å². The van der Waals surface area contributed by atoms with Crippen molar-refractivity contribution >= 4 is 9.84 Å². The van der Waals surface area contributed by atoms with E-state index in [0.29, 0.717) is 0 Å². The first-order valence-electron chi connectivity index (χ1n) is 1.58. The zero-order valence-electron chi connectivity index (χ0n) is 3.58. The van der Waals surface area contributed by atoms with Gasteiger partial charge >= 0.3 is 0 Å². The predicted molar refractivity (Wildman–Crippen MR) is 31.3 cm³/mol. The molecule has 0 aromatic carbocycles. The number of rotatable bonds is 0. The maximum Gasteiger partial charge on any atom is 0.0511 e. The van der Waals surface area contributed by atoms with Gasteiger partial charge in [-0.3, -0.25) is 0 Å². The Morgan fingerprint density at radius 1 is 1.25 bits per heavy atom. The molecular weight excluding hydrogens is 67.0 g/mol. The maximum absolute atomic E-state index is 5.75. The van der Waals surface area contributed by atoms with Gasteiger partial charge in [-0.15, -0.1) is 0 Å². The van der Waals surface area contributed by atoms with Crippen molar-refractivity contribution in [3.8, 4) is 0 Å². The molecule has 0 N–H and O–H groups in total. The zero-order chi connectivity index (χ0) is 4.00. The van der Waals surface area contributed by atoms with E-state index in [0.717, 1.165) is 0 Å². The third kappa shape index (κ3) is 26.9. The van der Waals surface area contributed by atoms with E-state index >= 15 is 0 Å². The Morgan fingerprint density at radius 2 is 1.25 bits per heavy atom. The highest BCUT2D eigenvalue weighted by Gasteiger charge is -0.0755. The lowest BCUT2D eigenvalue weighted by Gasteiger charge is -0.153. The molecule has 0 amide bonds. The van der Waals surface area contributed by atoms with Crippen molar-refractivity contribution in [1.82, 2.24) is 0 Å². The summed E-state index contributed by atoms with van der Waals surface area (Å²) >= 11 is 0. The lowest BCUT2D eigenvalue weighted by molar-refractivity contribution is 2.50. The van der Waals surface area contributed by atoms with Gasteiger partial charge in [0.25, 0.3) is 0 Å². The highest BCUT2D eigenvalue weighted by Crippen LogP contribution is 0.861. The third-order valence-electron chi connectivity index (χ3n) is 0. The molecule has 0 aromatic heterocycles. The third-order valence-corrected chi connectivity index (χ3v) is 0. The summed E-state index contributed by atoms with van der Waals surface area (Å²) in [5.74, 6) is 0. The van der Waals surface area contributed by atoms with Gasteiger partial charge in [0.2, 0.25) is 0 Å². The van der Waals surface area contributed by atoms with Crippen LogP contribution in [-0.4, -0.2) is 1.28 Å². The highest BCUT2D eigenvalue weighted by molar-refractivity contribution is 6.92. The first-order valence-corrected chi connectivity index (χ1v) is 0. The Hall–Kier alpha value is 0.430. The molecule has 0 spiro atoms. The molecule has 0 saturated heterocycles. The van der Waals surface area contributed by atoms with Crippen LogP contribution >= 0.6 is 9.84 Å². The summed E-state index contributed by atoms with van der Waals surface area (Å²) in [6, 6.07) is 0. The van der Waals surface area contributed by atoms with Crippen molar-refractivity contribution in [2.24, 2.45) is 0 Å². The molecule has 1 unspecified atom stereocenters. The summed E-state index contributed by atoms with van der Waals surface area (Å²) in [6.07, 6.45) is 0. The average molecular weight is 84.1 g/mol. The van der Waals surface area contributed by atoms with E-state index in [2.05, 4.69) is 0 Å². The van der Waals surface area contributed by atoms with Gasteiger partial charge in [0.05, 0.1) is 1.28 Å². The largest absolute Gasteiger partial charge is 0.153 e. The summed E-state index contributed by atoms with van der Waals surface area (Å²) in [5, 5.41) is 0. The quantitative estimate of drug-likeness (QED) is 0.393. The van der Waals surface area contributed by atoms with Crippen LogP contribution in [0.3, 0.4) is 0 Å². The van der Waals surface area contributed by atoms with Gasteiger partial charge in [0, 0.05) is 1.37 Å². The molecule has 0 fully saturated rings. The molecule has 0 nitrogen and oxygen atoms in total. The standard InChI is InChI=1S/3CH4.H3P/h3*1H4;1H3/i1D;;;1D. The summed E-state index contributed by atoms with van der Waals surface area (Å²) in [5.41, 5.74) is 0. The normalized spacial score (nSPS) is 3.50. The molecule has 0 aromatic rings. The summed E-state index contributed by atoms with van der Waals surface area (Å²) in [7, 11) is 2.92. The molecular formula is C3H15P. The molecule has 32 valence electrons. The fourth-order valence-corrected chi connectivity index (χ4v) is 0. The second kappa shape index (κ2) is 110. The Kier molecular flexibility index (Phi) is 242. The lowest BCUT2D eigenvalue weighted by atomic mass is 12.0. The van der Waals surface area contributed by atoms with Crippen LogP contribution in [0.2, 0.25) is 0 Å². The van der Waals surface area contributed by atoms with Crippen LogP contribution in [-0.2, 0) is 0 Å². The van der Waals surface area contributed by atoms with Gasteiger partial charge in [0.1, 0.15) is 0 Å². The SMILES string of the molecule is C.C.[2H]C.[2H]P. The molecule has 1 heteroatoms. The monoisotopic (exact) mass is 84.1 g/mol. The second-order valence-electron chi connectivity index (χ2n) is 0. The smallest absolute Gasteiger partial charge is 0.0511 e. The Balaban J connectivity index is -0.00000000500. The molecule has 0 heterocycles. The Bertz CT molecular complexity index is 8.75. The van der Waals surface area contributed by atoms with E-state index in [1.807, 2.05) is 0 Å². The van der Waals surface area contributed by atoms with Crippen molar-refractivity contribution in [1.29, 1.82) is 1.28 Å². The van der Waals surface area contributed by atoms with Gasteiger partial charge in [-0.1, -0.05) is 22.3 Å². The van der Waals surface area contributed by atoms with Gasteiger partial charge in [0.15, 0.2) is 0 Å². The van der Waals surface area contributed by atoms with E-state index in [4.69, 9.17) is 2.65 Å². The lowest BCUT2D eigenvalue weighted by Crippen LogP contribution is 0.143. The van der Waals surface area contributed by atoms with Crippen molar-refractivity contribution in [3.05, 3.63) is 0 Å². The van der Waals surface area contributed by atoms with E-state index < -0.39 is 0 Å². The van der Waals surface area contributed by atoms with E-state index in [-0.39, 0.29) is 14.9 Å². The van der Waals surface area contributed by atoms with Crippen LogP contribution in [0.5, 0.6) is 0 Å². The fraction of sp³-hybridized carbons (Fsp3) is 1.00. The molecule has 0 bridgehead atoms. The first-order chi connectivity index (χ1) is 2.00. The minimum atomic E-state index is 0. The van der Waals surface area contributed by atoms with Gasteiger partial charge in [-0.05, 0) is 0 Å². The van der Waals surface area contributed by atoms with Crippen molar-refractivity contribution < 1.29 is 1.37 Å². The van der Waals surface area contributed by atoms with Crippen LogP contribution in [0.25, 0.3) is 0 Å². The molecule has 0 aliphatic carbocycles. The second-order valence-corrected chi connectivity index (χ2v) is 0. The summed E-state index contributed by atoms with van der Waals surface area (Å²) in [6.45, 7) is 0. The fourth-order valence-electron chi connectivity index (χ4n) is 0. The summed E-state index contributed by atoms with van der Waals surface area (Å²) < 4.78 is 11.4. The van der Waals surface area contributed by atoms with Crippen molar-refractivity contribution in [2.75, 3.05) is 0 Å². The molecule has 0 rings (SSSR count). The maximum atomic E-state index is 5.75. The zero-order valence-corrected chi connectivity index (χ0v) is 2.73. The van der Waals surface area contributed by atoms with E-state index in [1.54, 1.807) is 9.84 Å². The highest BCUT2D eigenvalue weighted by atomic mass is 31.0. The van der Waals surface area contributed by atoms with Crippen molar-refractivity contribution in [2.45, 2.75) is 22.3 Å². The molecule has 0 saturated carbocycles. The molecule has 4 heavy (non-hydrogen) atoms. The van der Waals surface area contributed by atoms with Gasteiger partial charge < -0.3 is 0 Å². The molecule has 1 atom stereocenters. The van der Waals surface area contributed by atoms with Crippen LogP contribution in [0.1, 0.15) is 23.6 Å². The van der Waals surface area contributed by atoms with Gasteiger partial charge in [-0.2, -0.15) is 9.84 Å². The minimum Gasteiger partial charge on any atom is -0.153 e. The topological polar surface area (TPSA) is 0 Å². The molecule has 0 aliphatic rings.